The third-order valence-corrected chi connectivity index (χ3v) is 3.44. The largest absolute Gasteiger partial charge is 0.300 e. The summed E-state index contributed by atoms with van der Waals surface area (Å²) >= 11 is 0. The maximum absolute atomic E-state index is 11.5. The van der Waals surface area contributed by atoms with Crippen LogP contribution in [0.25, 0.3) is 0 Å². The van der Waals surface area contributed by atoms with Crippen LogP contribution in [0.3, 0.4) is 0 Å². The highest BCUT2D eigenvalue weighted by Gasteiger charge is 2.20. The summed E-state index contributed by atoms with van der Waals surface area (Å²) in [5.41, 5.74) is 2.79. The fourth-order valence-corrected chi connectivity index (χ4v) is 2.60. The van der Waals surface area contributed by atoms with Gasteiger partial charge in [-0.3, -0.25) is 4.79 Å². The van der Waals surface area contributed by atoms with Crippen LogP contribution in [0.2, 0.25) is 0 Å². The van der Waals surface area contributed by atoms with Crippen LogP contribution in [-0.4, -0.2) is 5.78 Å². The van der Waals surface area contributed by atoms with Gasteiger partial charge in [-0.25, -0.2) is 0 Å². The summed E-state index contributed by atoms with van der Waals surface area (Å²) < 4.78 is 0. The fourth-order valence-electron chi connectivity index (χ4n) is 2.60. The lowest BCUT2D eigenvalue weighted by atomic mass is 9.83. The second-order valence-corrected chi connectivity index (χ2v) is 4.83. The van der Waals surface area contributed by atoms with Crippen LogP contribution in [0, 0.1) is 0 Å². The first-order valence-electron chi connectivity index (χ1n) is 6.40. The average molecular weight is 216 g/mol. The predicted octanol–water partition coefficient (Wildman–Crippen LogP) is 3.87. The lowest BCUT2D eigenvalue weighted by molar-refractivity contribution is -0.120. The van der Waals surface area contributed by atoms with E-state index >= 15 is 0 Å². The second-order valence-electron chi connectivity index (χ2n) is 4.83. The van der Waals surface area contributed by atoms with Crippen LogP contribution in [0.1, 0.15) is 56.1 Å². The third kappa shape index (κ3) is 2.72. The zero-order valence-electron chi connectivity index (χ0n) is 10.0. The maximum Gasteiger partial charge on any atom is 0.133 e. The molecule has 1 atom stereocenters. The molecule has 1 saturated carbocycles. The molecule has 1 aromatic rings. The van der Waals surface area contributed by atoms with Crippen molar-refractivity contribution in [2.75, 3.05) is 0 Å². The first kappa shape index (κ1) is 11.4. The number of ketones is 1. The van der Waals surface area contributed by atoms with Crippen molar-refractivity contribution in [1.82, 2.24) is 0 Å². The van der Waals surface area contributed by atoms with Crippen LogP contribution in [0.15, 0.2) is 24.3 Å². The molecule has 1 aliphatic rings. The molecule has 0 aliphatic heterocycles. The van der Waals surface area contributed by atoms with E-state index in [0.29, 0.717) is 11.7 Å². The van der Waals surface area contributed by atoms with Gasteiger partial charge in [-0.1, -0.05) is 37.6 Å². The Morgan fingerprint density at radius 2 is 2.25 bits per heavy atom. The number of aryl methyl sites for hydroxylation is 1. The van der Waals surface area contributed by atoms with Gasteiger partial charge < -0.3 is 0 Å². The molecule has 1 nitrogen and oxygen atoms in total. The van der Waals surface area contributed by atoms with E-state index in [1.807, 2.05) is 0 Å². The number of hydrogen-bond acceptors (Lipinski definition) is 1. The van der Waals surface area contributed by atoms with E-state index in [-0.39, 0.29) is 0 Å². The van der Waals surface area contributed by atoms with Gasteiger partial charge in [0.2, 0.25) is 0 Å². The molecule has 1 unspecified atom stereocenters. The van der Waals surface area contributed by atoms with Gasteiger partial charge in [0.05, 0.1) is 0 Å². The van der Waals surface area contributed by atoms with Gasteiger partial charge in [-0.05, 0) is 36.3 Å². The monoisotopic (exact) mass is 216 g/mol. The SMILES string of the molecule is CCCc1cccc(C2CCCC(=O)C2)c1. The highest BCUT2D eigenvalue weighted by Crippen LogP contribution is 2.31. The quantitative estimate of drug-likeness (QED) is 0.749. The van der Waals surface area contributed by atoms with Gasteiger partial charge in [-0.2, -0.15) is 0 Å². The third-order valence-electron chi connectivity index (χ3n) is 3.44. The number of benzene rings is 1. The van der Waals surface area contributed by atoms with Crippen LogP contribution in [0.5, 0.6) is 0 Å². The standard InChI is InChI=1S/C15H20O/c1-2-5-12-6-3-7-13(10-12)14-8-4-9-15(16)11-14/h3,6-7,10,14H,2,4-5,8-9,11H2,1H3. The summed E-state index contributed by atoms with van der Waals surface area (Å²) in [4.78, 5) is 11.5. The highest BCUT2D eigenvalue weighted by atomic mass is 16.1. The molecule has 2 rings (SSSR count). The summed E-state index contributed by atoms with van der Waals surface area (Å²) in [7, 11) is 0. The van der Waals surface area contributed by atoms with E-state index in [1.54, 1.807) is 0 Å². The molecule has 0 saturated heterocycles. The Bertz CT molecular complexity index is 367. The Hall–Kier alpha value is -1.11. The van der Waals surface area contributed by atoms with Crippen molar-refractivity contribution < 1.29 is 4.79 Å². The van der Waals surface area contributed by atoms with E-state index in [0.717, 1.165) is 25.7 Å². The predicted molar refractivity (Wildman–Crippen MR) is 66.7 cm³/mol. The number of carbonyl (C=O) groups is 1. The molecule has 0 N–H and O–H groups in total. The second kappa shape index (κ2) is 5.29. The number of hydrogen-bond donors (Lipinski definition) is 0. The molecule has 1 aromatic carbocycles. The van der Waals surface area contributed by atoms with E-state index in [2.05, 4.69) is 31.2 Å². The normalized spacial score (nSPS) is 21.1. The Balaban J connectivity index is 2.12. The first-order valence-corrected chi connectivity index (χ1v) is 6.40. The Morgan fingerprint density at radius 3 is 3.00 bits per heavy atom. The zero-order valence-corrected chi connectivity index (χ0v) is 10.0. The van der Waals surface area contributed by atoms with E-state index in [4.69, 9.17) is 0 Å². The smallest absolute Gasteiger partial charge is 0.133 e. The van der Waals surface area contributed by atoms with E-state index < -0.39 is 0 Å². The summed E-state index contributed by atoms with van der Waals surface area (Å²) in [5.74, 6) is 0.926. The van der Waals surface area contributed by atoms with Crippen LogP contribution in [0.4, 0.5) is 0 Å². The van der Waals surface area contributed by atoms with Crippen LogP contribution in [-0.2, 0) is 11.2 Å². The molecule has 86 valence electrons. The molecule has 1 aliphatic carbocycles. The highest BCUT2D eigenvalue weighted by molar-refractivity contribution is 5.80. The number of carbonyl (C=O) groups excluding carboxylic acids is 1. The topological polar surface area (TPSA) is 17.1 Å². The minimum Gasteiger partial charge on any atom is -0.300 e. The first-order chi connectivity index (χ1) is 7.79. The molecular weight excluding hydrogens is 196 g/mol. The minimum absolute atomic E-state index is 0.442. The van der Waals surface area contributed by atoms with Crippen molar-refractivity contribution in [3.63, 3.8) is 0 Å². The van der Waals surface area contributed by atoms with Gasteiger partial charge in [0.15, 0.2) is 0 Å². The van der Waals surface area contributed by atoms with Gasteiger partial charge >= 0.3 is 0 Å². The van der Waals surface area contributed by atoms with Crippen LogP contribution < -0.4 is 0 Å². The minimum atomic E-state index is 0.442. The van der Waals surface area contributed by atoms with E-state index in [9.17, 15) is 4.79 Å². The Morgan fingerprint density at radius 1 is 1.38 bits per heavy atom. The van der Waals surface area contributed by atoms with Crippen molar-refractivity contribution in [3.05, 3.63) is 35.4 Å². The molecule has 0 bridgehead atoms. The zero-order chi connectivity index (χ0) is 11.4. The van der Waals surface area contributed by atoms with Gasteiger partial charge in [0.25, 0.3) is 0 Å². The van der Waals surface area contributed by atoms with Crippen molar-refractivity contribution in [3.8, 4) is 0 Å². The summed E-state index contributed by atoms with van der Waals surface area (Å²) in [6, 6.07) is 8.81. The Kier molecular flexibility index (Phi) is 3.76. The molecule has 0 amide bonds. The molecular formula is C15H20O. The molecule has 1 heteroatoms. The van der Waals surface area contributed by atoms with Crippen molar-refractivity contribution in [2.24, 2.45) is 0 Å². The lowest BCUT2D eigenvalue weighted by Gasteiger charge is -2.21. The number of Topliss-reactive ketones (excluding diaryl/α,β-unsaturated/α-hetero) is 1. The summed E-state index contributed by atoms with van der Waals surface area (Å²) in [5, 5.41) is 0. The van der Waals surface area contributed by atoms with Gasteiger partial charge in [0, 0.05) is 12.8 Å². The van der Waals surface area contributed by atoms with Gasteiger partial charge in [0.1, 0.15) is 5.78 Å². The summed E-state index contributed by atoms with van der Waals surface area (Å²) in [6.45, 7) is 2.21. The molecule has 0 heterocycles. The van der Waals surface area contributed by atoms with Crippen molar-refractivity contribution >= 4 is 5.78 Å². The maximum atomic E-state index is 11.5. The van der Waals surface area contributed by atoms with Gasteiger partial charge in [-0.15, -0.1) is 0 Å². The average Bonchev–Trinajstić information content (AvgIpc) is 2.30. The van der Waals surface area contributed by atoms with Crippen LogP contribution >= 0.6 is 0 Å². The lowest BCUT2D eigenvalue weighted by Crippen LogP contribution is -2.13. The molecule has 0 aromatic heterocycles. The molecule has 0 radical (unpaired) electrons. The van der Waals surface area contributed by atoms with Crippen molar-refractivity contribution in [1.29, 1.82) is 0 Å². The molecule has 0 spiro atoms. The van der Waals surface area contributed by atoms with Crippen molar-refractivity contribution in [2.45, 2.75) is 51.4 Å². The van der Waals surface area contributed by atoms with E-state index in [1.165, 1.54) is 24.0 Å². The molecule has 1 fully saturated rings. The fraction of sp³-hybridized carbons (Fsp3) is 0.533. The Labute approximate surface area is 97.9 Å². The molecule has 16 heavy (non-hydrogen) atoms. The number of rotatable bonds is 3. The summed E-state index contributed by atoms with van der Waals surface area (Å²) in [6.07, 6.45) is 6.14.